The lowest BCUT2D eigenvalue weighted by Crippen LogP contribution is -2.37. The molecule has 0 saturated carbocycles. The third-order valence-electron chi connectivity index (χ3n) is 3.36. The minimum atomic E-state index is -0.727. The lowest BCUT2D eigenvalue weighted by Gasteiger charge is -2.18. The Bertz CT molecular complexity index is 521. The van der Waals surface area contributed by atoms with E-state index in [0.717, 1.165) is 11.1 Å². The van der Waals surface area contributed by atoms with Crippen LogP contribution in [0, 0.1) is 12.3 Å². The topological polar surface area (TPSA) is 78.4 Å². The quantitative estimate of drug-likeness (QED) is 0.748. The molecule has 5 heteroatoms. The molecule has 0 radical (unpaired) electrons. The summed E-state index contributed by atoms with van der Waals surface area (Å²) in [5.41, 5.74) is 1.34. The van der Waals surface area contributed by atoms with Crippen LogP contribution in [0.4, 0.5) is 0 Å². The maximum atomic E-state index is 11.7. The van der Waals surface area contributed by atoms with Gasteiger partial charge in [-0.15, -0.1) is 0 Å². The first kappa shape index (κ1) is 18.2. The molecule has 1 rings (SSSR count). The number of hydrogen-bond acceptors (Lipinski definition) is 3. The zero-order chi connectivity index (χ0) is 16.8. The molecule has 2 amide bonds. The Kier molecular flexibility index (Phi) is 6.56. The SMILES string of the molecule is Cc1ccccc1C(O)CNC(=O)CCNC(=O)C(C)(C)C. The van der Waals surface area contributed by atoms with Crippen LogP contribution in [0.15, 0.2) is 24.3 Å². The van der Waals surface area contributed by atoms with Gasteiger partial charge in [0.25, 0.3) is 0 Å². The predicted octanol–water partition coefficient (Wildman–Crippen LogP) is 1.70. The monoisotopic (exact) mass is 306 g/mol. The van der Waals surface area contributed by atoms with Gasteiger partial charge in [-0.1, -0.05) is 45.0 Å². The van der Waals surface area contributed by atoms with Crippen molar-refractivity contribution in [1.82, 2.24) is 10.6 Å². The zero-order valence-corrected chi connectivity index (χ0v) is 13.8. The highest BCUT2D eigenvalue weighted by Crippen LogP contribution is 2.16. The number of hydrogen-bond donors (Lipinski definition) is 3. The molecule has 0 aliphatic heterocycles. The zero-order valence-electron chi connectivity index (χ0n) is 13.8. The Balaban J connectivity index is 2.32. The number of aliphatic hydroxyl groups is 1. The van der Waals surface area contributed by atoms with Gasteiger partial charge in [-0.2, -0.15) is 0 Å². The molecule has 0 saturated heterocycles. The molecule has 5 nitrogen and oxygen atoms in total. The van der Waals surface area contributed by atoms with Gasteiger partial charge in [-0.3, -0.25) is 9.59 Å². The number of aliphatic hydroxyl groups excluding tert-OH is 1. The van der Waals surface area contributed by atoms with Crippen molar-refractivity contribution in [2.24, 2.45) is 5.41 Å². The summed E-state index contributed by atoms with van der Waals surface area (Å²) in [5, 5.41) is 15.5. The van der Waals surface area contributed by atoms with Crippen LogP contribution in [0.25, 0.3) is 0 Å². The fraction of sp³-hybridized carbons (Fsp3) is 0.529. The van der Waals surface area contributed by atoms with Crippen molar-refractivity contribution < 1.29 is 14.7 Å². The minimum absolute atomic E-state index is 0.0831. The standard InChI is InChI=1S/C17H26N2O3/c1-12-7-5-6-8-13(12)14(20)11-19-15(21)9-10-18-16(22)17(2,3)4/h5-8,14,20H,9-11H2,1-4H3,(H,18,22)(H,19,21). The number of nitrogens with one attached hydrogen (secondary N) is 2. The van der Waals surface area contributed by atoms with Gasteiger partial charge in [-0.05, 0) is 18.1 Å². The van der Waals surface area contributed by atoms with Gasteiger partial charge in [0.05, 0.1) is 6.10 Å². The van der Waals surface area contributed by atoms with E-state index < -0.39 is 11.5 Å². The van der Waals surface area contributed by atoms with Crippen molar-refractivity contribution in [3.63, 3.8) is 0 Å². The van der Waals surface area contributed by atoms with Crippen molar-refractivity contribution in [1.29, 1.82) is 0 Å². The van der Waals surface area contributed by atoms with Crippen LogP contribution in [0.1, 0.15) is 44.4 Å². The van der Waals surface area contributed by atoms with E-state index in [1.807, 2.05) is 52.0 Å². The molecule has 1 aromatic carbocycles. The lowest BCUT2D eigenvalue weighted by atomic mass is 9.96. The van der Waals surface area contributed by atoms with Gasteiger partial charge in [-0.25, -0.2) is 0 Å². The number of rotatable bonds is 6. The van der Waals surface area contributed by atoms with Crippen molar-refractivity contribution in [2.75, 3.05) is 13.1 Å². The van der Waals surface area contributed by atoms with E-state index in [1.54, 1.807) is 0 Å². The van der Waals surface area contributed by atoms with E-state index >= 15 is 0 Å². The Morgan fingerprint density at radius 1 is 1.18 bits per heavy atom. The van der Waals surface area contributed by atoms with Crippen LogP contribution >= 0.6 is 0 Å². The summed E-state index contributed by atoms with van der Waals surface area (Å²) in [6.07, 6.45) is -0.531. The Morgan fingerprint density at radius 3 is 2.41 bits per heavy atom. The minimum Gasteiger partial charge on any atom is -0.387 e. The van der Waals surface area contributed by atoms with Crippen molar-refractivity contribution >= 4 is 11.8 Å². The average molecular weight is 306 g/mol. The molecule has 0 fully saturated rings. The second-order valence-electron chi connectivity index (χ2n) is 6.43. The smallest absolute Gasteiger partial charge is 0.225 e. The van der Waals surface area contributed by atoms with Gasteiger partial charge < -0.3 is 15.7 Å². The van der Waals surface area contributed by atoms with E-state index in [4.69, 9.17) is 0 Å². The normalized spacial score (nSPS) is 12.6. The molecule has 0 spiro atoms. The summed E-state index contributed by atoms with van der Waals surface area (Å²) in [6, 6.07) is 7.52. The largest absolute Gasteiger partial charge is 0.387 e. The second kappa shape index (κ2) is 7.94. The number of aryl methyl sites for hydroxylation is 1. The molecular weight excluding hydrogens is 280 g/mol. The Hall–Kier alpha value is -1.88. The number of amides is 2. The summed E-state index contributed by atoms with van der Waals surface area (Å²) >= 11 is 0. The molecule has 0 bridgehead atoms. The van der Waals surface area contributed by atoms with Crippen LogP contribution in [0.5, 0.6) is 0 Å². The maximum Gasteiger partial charge on any atom is 0.225 e. The Morgan fingerprint density at radius 2 is 1.82 bits per heavy atom. The van der Waals surface area contributed by atoms with Crippen LogP contribution in [-0.2, 0) is 9.59 Å². The summed E-state index contributed by atoms with van der Waals surface area (Å²) in [6.45, 7) is 7.84. The van der Waals surface area contributed by atoms with Gasteiger partial charge in [0.15, 0.2) is 0 Å². The molecule has 1 unspecified atom stereocenters. The van der Waals surface area contributed by atoms with Crippen molar-refractivity contribution in [2.45, 2.75) is 40.2 Å². The van der Waals surface area contributed by atoms with Crippen LogP contribution in [0.3, 0.4) is 0 Å². The van der Waals surface area contributed by atoms with Crippen LogP contribution in [0.2, 0.25) is 0 Å². The highest BCUT2D eigenvalue weighted by molar-refractivity contribution is 5.82. The van der Waals surface area contributed by atoms with Crippen molar-refractivity contribution in [3.8, 4) is 0 Å². The molecular formula is C17H26N2O3. The van der Waals surface area contributed by atoms with Gasteiger partial charge in [0, 0.05) is 24.9 Å². The van der Waals surface area contributed by atoms with Crippen LogP contribution in [-0.4, -0.2) is 30.0 Å². The first-order valence-electron chi connectivity index (χ1n) is 7.50. The van der Waals surface area contributed by atoms with Gasteiger partial charge in [0.1, 0.15) is 0 Å². The summed E-state index contributed by atoms with van der Waals surface area (Å²) in [5.74, 6) is -0.276. The van der Waals surface area contributed by atoms with Gasteiger partial charge in [0.2, 0.25) is 11.8 Å². The van der Waals surface area contributed by atoms with E-state index in [-0.39, 0.29) is 24.8 Å². The van der Waals surface area contributed by atoms with E-state index in [0.29, 0.717) is 6.54 Å². The molecule has 0 aliphatic carbocycles. The van der Waals surface area contributed by atoms with E-state index in [2.05, 4.69) is 10.6 Å². The third-order valence-corrected chi connectivity index (χ3v) is 3.36. The summed E-state index contributed by atoms with van der Waals surface area (Å²) in [7, 11) is 0. The Labute approximate surface area is 132 Å². The molecule has 122 valence electrons. The number of carbonyl (C=O) groups is 2. The second-order valence-corrected chi connectivity index (χ2v) is 6.43. The molecule has 3 N–H and O–H groups in total. The highest BCUT2D eigenvalue weighted by atomic mass is 16.3. The van der Waals surface area contributed by atoms with E-state index in [1.165, 1.54) is 0 Å². The molecule has 0 aromatic heterocycles. The predicted molar refractivity (Wildman–Crippen MR) is 86.2 cm³/mol. The van der Waals surface area contributed by atoms with Crippen molar-refractivity contribution in [3.05, 3.63) is 35.4 Å². The van der Waals surface area contributed by atoms with E-state index in [9.17, 15) is 14.7 Å². The fourth-order valence-corrected chi connectivity index (χ4v) is 1.92. The average Bonchev–Trinajstić information content (AvgIpc) is 2.44. The number of carbonyl (C=O) groups excluding carboxylic acids is 2. The summed E-state index contributed by atoms with van der Waals surface area (Å²) in [4.78, 5) is 23.4. The van der Waals surface area contributed by atoms with Gasteiger partial charge >= 0.3 is 0 Å². The third kappa shape index (κ3) is 5.85. The maximum absolute atomic E-state index is 11.7. The molecule has 0 heterocycles. The molecule has 1 atom stereocenters. The summed E-state index contributed by atoms with van der Waals surface area (Å²) < 4.78 is 0. The van der Waals surface area contributed by atoms with Crippen LogP contribution < -0.4 is 10.6 Å². The highest BCUT2D eigenvalue weighted by Gasteiger charge is 2.20. The first-order valence-corrected chi connectivity index (χ1v) is 7.50. The molecule has 0 aliphatic rings. The fourth-order valence-electron chi connectivity index (χ4n) is 1.92. The molecule has 22 heavy (non-hydrogen) atoms. The lowest BCUT2D eigenvalue weighted by molar-refractivity contribution is -0.128. The first-order chi connectivity index (χ1) is 10.2. The molecule has 1 aromatic rings. The number of benzene rings is 1.